The fraction of sp³-hybridized carbons (Fsp3) is 0.0667. The molecule has 0 bridgehead atoms. The van der Waals surface area contributed by atoms with Gasteiger partial charge in [-0.15, -0.1) is 0 Å². The Morgan fingerprint density at radius 2 is 1.67 bits per heavy atom. The van der Waals surface area contributed by atoms with E-state index in [1.165, 1.54) is 30.3 Å². The lowest BCUT2D eigenvalue weighted by Crippen LogP contribution is -2.15. The van der Waals surface area contributed by atoms with Crippen molar-refractivity contribution in [2.24, 2.45) is 0 Å². The van der Waals surface area contributed by atoms with Crippen molar-refractivity contribution in [3.8, 4) is 0 Å². The van der Waals surface area contributed by atoms with Crippen molar-refractivity contribution in [1.29, 1.82) is 0 Å². The first kappa shape index (κ1) is 14.9. The predicted molar refractivity (Wildman–Crippen MR) is 77.9 cm³/mol. The van der Waals surface area contributed by atoms with Crippen LogP contribution in [0.15, 0.2) is 42.5 Å². The molecule has 0 heterocycles. The first-order chi connectivity index (χ1) is 9.90. The molecule has 0 aromatic heterocycles. The second kappa shape index (κ2) is 5.85. The lowest BCUT2D eigenvalue weighted by Gasteiger charge is -2.04. The minimum absolute atomic E-state index is 0.0854. The van der Waals surface area contributed by atoms with E-state index in [-0.39, 0.29) is 21.8 Å². The lowest BCUT2D eigenvalue weighted by molar-refractivity contribution is -0.384. The summed E-state index contributed by atoms with van der Waals surface area (Å²) in [5.41, 5.74) is 0.930. The molecule has 0 spiro atoms. The van der Waals surface area contributed by atoms with Gasteiger partial charge < -0.3 is 0 Å². The van der Waals surface area contributed by atoms with Gasteiger partial charge in [-0.05, 0) is 36.8 Å². The molecular formula is C15H10ClNO4. The number of hydrogen-bond acceptors (Lipinski definition) is 4. The van der Waals surface area contributed by atoms with Gasteiger partial charge in [0.05, 0.1) is 9.95 Å². The molecule has 0 radical (unpaired) electrons. The molecule has 2 rings (SSSR count). The Balaban J connectivity index is 2.30. The van der Waals surface area contributed by atoms with Crippen molar-refractivity contribution in [1.82, 2.24) is 0 Å². The summed E-state index contributed by atoms with van der Waals surface area (Å²) in [4.78, 5) is 34.2. The number of hydrogen-bond donors (Lipinski definition) is 0. The largest absolute Gasteiger partial charge is 0.285 e. The molecule has 0 atom stereocenters. The Labute approximate surface area is 125 Å². The molecule has 0 aliphatic heterocycles. The van der Waals surface area contributed by atoms with Crippen LogP contribution in [-0.4, -0.2) is 16.5 Å². The van der Waals surface area contributed by atoms with Crippen molar-refractivity contribution in [3.05, 3.63) is 74.3 Å². The molecule has 0 saturated heterocycles. The third-order valence-corrected chi connectivity index (χ3v) is 3.23. The van der Waals surface area contributed by atoms with E-state index in [1.54, 1.807) is 12.1 Å². The quantitative estimate of drug-likeness (QED) is 0.374. The van der Waals surface area contributed by atoms with E-state index in [4.69, 9.17) is 11.6 Å². The van der Waals surface area contributed by atoms with Crippen molar-refractivity contribution >= 4 is 28.9 Å². The molecule has 5 nitrogen and oxygen atoms in total. The van der Waals surface area contributed by atoms with Gasteiger partial charge in [0.15, 0.2) is 0 Å². The van der Waals surface area contributed by atoms with Gasteiger partial charge in [0.25, 0.3) is 5.69 Å². The van der Waals surface area contributed by atoms with Crippen LogP contribution in [-0.2, 0) is 0 Å². The molecule has 2 aromatic rings. The summed E-state index contributed by atoms with van der Waals surface area (Å²) >= 11 is 5.96. The fourth-order valence-corrected chi connectivity index (χ4v) is 2.11. The van der Waals surface area contributed by atoms with Crippen LogP contribution in [0.5, 0.6) is 0 Å². The lowest BCUT2D eigenvalue weighted by atomic mass is 10.0. The highest BCUT2D eigenvalue weighted by Gasteiger charge is 2.21. The van der Waals surface area contributed by atoms with E-state index in [0.717, 1.165) is 5.56 Å². The summed E-state index contributed by atoms with van der Waals surface area (Å²) in [5, 5.41) is 10.8. The molecule has 21 heavy (non-hydrogen) atoms. The number of nitrogens with zero attached hydrogens (tertiary/aromatic N) is 1. The van der Waals surface area contributed by atoms with Crippen molar-refractivity contribution in [3.63, 3.8) is 0 Å². The van der Waals surface area contributed by atoms with Crippen molar-refractivity contribution < 1.29 is 14.5 Å². The second-order valence-electron chi connectivity index (χ2n) is 4.45. The second-order valence-corrected chi connectivity index (χ2v) is 4.85. The third kappa shape index (κ3) is 3.14. The topological polar surface area (TPSA) is 77.3 Å². The molecular weight excluding hydrogens is 294 g/mol. The van der Waals surface area contributed by atoms with Crippen LogP contribution in [0.4, 0.5) is 5.69 Å². The van der Waals surface area contributed by atoms with Crippen LogP contribution in [0.25, 0.3) is 0 Å². The summed E-state index contributed by atoms with van der Waals surface area (Å²) in [5.74, 6) is -1.50. The maximum Gasteiger partial charge on any atom is 0.269 e. The summed E-state index contributed by atoms with van der Waals surface area (Å²) in [6, 6.07) is 9.62. The number of rotatable bonds is 4. The van der Waals surface area contributed by atoms with Gasteiger partial charge in [-0.25, -0.2) is 0 Å². The van der Waals surface area contributed by atoms with Crippen molar-refractivity contribution in [2.75, 3.05) is 0 Å². The van der Waals surface area contributed by atoms with E-state index in [0.29, 0.717) is 0 Å². The highest BCUT2D eigenvalue weighted by atomic mass is 35.5. The van der Waals surface area contributed by atoms with Crippen LogP contribution in [0, 0.1) is 17.0 Å². The van der Waals surface area contributed by atoms with E-state index >= 15 is 0 Å². The zero-order chi connectivity index (χ0) is 15.6. The molecule has 0 amide bonds. The van der Waals surface area contributed by atoms with Crippen LogP contribution in [0.3, 0.4) is 0 Å². The molecule has 0 saturated carbocycles. The fourth-order valence-electron chi connectivity index (χ4n) is 1.79. The smallest absolute Gasteiger partial charge is 0.269 e. The van der Waals surface area contributed by atoms with Gasteiger partial charge in [0.1, 0.15) is 0 Å². The van der Waals surface area contributed by atoms with E-state index in [2.05, 4.69) is 0 Å². The van der Waals surface area contributed by atoms with Gasteiger partial charge >= 0.3 is 0 Å². The maximum atomic E-state index is 12.1. The maximum absolute atomic E-state index is 12.1. The zero-order valence-corrected chi connectivity index (χ0v) is 11.8. The molecule has 0 aliphatic rings. The first-order valence-electron chi connectivity index (χ1n) is 6.00. The summed E-state index contributed by atoms with van der Waals surface area (Å²) in [7, 11) is 0. The average molecular weight is 304 g/mol. The van der Waals surface area contributed by atoms with Gasteiger partial charge in [-0.3, -0.25) is 19.7 Å². The Hall–Kier alpha value is -2.53. The van der Waals surface area contributed by atoms with Crippen LogP contribution < -0.4 is 0 Å². The number of aryl methyl sites for hydroxylation is 1. The minimum Gasteiger partial charge on any atom is -0.285 e. The van der Waals surface area contributed by atoms with E-state index in [1.807, 2.05) is 6.92 Å². The molecule has 0 fully saturated rings. The van der Waals surface area contributed by atoms with Crippen LogP contribution in [0.2, 0.25) is 5.02 Å². The zero-order valence-electron chi connectivity index (χ0n) is 11.0. The molecule has 0 unspecified atom stereocenters. The van der Waals surface area contributed by atoms with Gasteiger partial charge in [-0.1, -0.05) is 17.7 Å². The van der Waals surface area contributed by atoms with Gasteiger partial charge in [0.2, 0.25) is 11.6 Å². The number of halogens is 1. The number of carbonyl (C=O) groups is 2. The highest BCUT2D eigenvalue weighted by molar-refractivity contribution is 6.51. The van der Waals surface area contributed by atoms with E-state index in [9.17, 15) is 19.7 Å². The number of benzene rings is 2. The van der Waals surface area contributed by atoms with Crippen LogP contribution >= 0.6 is 11.6 Å². The molecule has 0 aliphatic carbocycles. The van der Waals surface area contributed by atoms with Crippen LogP contribution in [0.1, 0.15) is 26.3 Å². The highest BCUT2D eigenvalue weighted by Crippen LogP contribution is 2.20. The number of ketones is 2. The average Bonchev–Trinajstić information content (AvgIpc) is 2.46. The third-order valence-electron chi connectivity index (χ3n) is 2.92. The summed E-state index contributed by atoms with van der Waals surface area (Å²) in [6.45, 7) is 1.82. The van der Waals surface area contributed by atoms with Crippen molar-refractivity contribution in [2.45, 2.75) is 6.92 Å². The molecule has 106 valence electrons. The first-order valence-corrected chi connectivity index (χ1v) is 6.37. The number of carbonyl (C=O) groups excluding carboxylic acids is 2. The van der Waals surface area contributed by atoms with Gasteiger partial charge in [-0.2, -0.15) is 0 Å². The Kier molecular flexibility index (Phi) is 4.14. The Bertz CT molecular complexity index is 738. The predicted octanol–water partition coefficient (Wildman–Crippen LogP) is 3.62. The number of non-ortho nitro benzene ring substituents is 1. The minimum atomic E-state index is -0.754. The monoisotopic (exact) mass is 303 g/mol. The van der Waals surface area contributed by atoms with E-state index < -0.39 is 16.5 Å². The Morgan fingerprint density at radius 3 is 2.19 bits per heavy atom. The summed E-state index contributed by atoms with van der Waals surface area (Å²) in [6.07, 6.45) is 0. The molecule has 6 heteroatoms. The Morgan fingerprint density at radius 1 is 1.05 bits per heavy atom. The molecule has 2 aromatic carbocycles. The number of Topliss-reactive ketones (excluding diaryl/α,β-unsaturated/α-hetero) is 2. The van der Waals surface area contributed by atoms with Gasteiger partial charge in [0, 0.05) is 23.3 Å². The standard InChI is InChI=1S/C15H10ClNO4/c1-9-2-7-12(13(16)8-9)15(19)14(18)10-3-5-11(6-4-10)17(20)21/h2-8H,1H3. The SMILES string of the molecule is Cc1ccc(C(=O)C(=O)c2ccc([N+](=O)[O-])cc2)c(Cl)c1. The summed E-state index contributed by atoms with van der Waals surface area (Å²) < 4.78 is 0. The molecule has 0 N–H and O–H groups in total. The number of nitro benzene ring substituents is 1. The number of nitro groups is 1. The normalized spacial score (nSPS) is 10.2.